The van der Waals surface area contributed by atoms with Gasteiger partial charge in [0.25, 0.3) is 0 Å². The van der Waals surface area contributed by atoms with E-state index in [9.17, 15) is 4.39 Å². The number of hydrogen-bond acceptors (Lipinski definition) is 1. The molecule has 1 N–H and O–H groups in total. The number of rotatable bonds is 3. The number of hydrogen-bond donors (Lipinski definition) is 1. The molecule has 2 heteroatoms. The Bertz CT molecular complexity index is 511. The average molecular weight is 243 g/mol. The molecule has 0 amide bonds. The van der Waals surface area contributed by atoms with Crippen molar-refractivity contribution in [3.8, 4) is 0 Å². The molecule has 0 bridgehead atoms. The van der Waals surface area contributed by atoms with Crippen LogP contribution in [0.2, 0.25) is 0 Å². The van der Waals surface area contributed by atoms with Gasteiger partial charge >= 0.3 is 0 Å². The lowest BCUT2D eigenvalue weighted by Gasteiger charge is -2.20. The predicted octanol–water partition coefficient (Wildman–Crippen LogP) is 3.75. The largest absolute Gasteiger partial charge is 0.309 e. The van der Waals surface area contributed by atoms with Crippen molar-refractivity contribution >= 4 is 0 Å². The highest BCUT2D eigenvalue weighted by Gasteiger charge is 2.18. The molecule has 18 heavy (non-hydrogen) atoms. The van der Waals surface area contributed by atoms with Gasteiger partial charge in [0.2, 0.25) is 0 Å². The average Bonchev–Trinajstić information content (AvgIpc) is 2.34. The van der Waals surface area contributed by atoms with E-state index >= 15 is 0 Å². The van der Waals surface area contributed by atoms with Crippen molar-refractivity contribution in [3.63, 3.8) is 0 Å². The molecule has 0 aliphatic rings. The first-order valence-electron chi connectivity index (χ1n) is 6.12. The van der Waals surface area contributed by atoms with Crippen LogP contribution in [0.5, 0.6) is 0 Å². The van der Waals surface area contributed by atoms with Gasteiger partial charge in [-0.3, -0.25) is 0 Å². The standard InChI is InChI=1S/C16H18FN/c1-11-9-12(2)15(14(17)10-11)16(18-3)13-7-5-4-6-8-13/h4-10,16,18H,1-3H3. The second kappa shape index (κ2) is 5.32. The van der Waals surface area contributed by atoms with E-state index in [1.165, 1.54) is 0 Å². The van der Waals surface area contributed by atoms with Crippen molar-refractivity contribution in [2.45, 2.75) is 19.9 Å². The molecular formula is C16H18FN. The summed E-state index contributed by atoms with van der Waals surface area (Å²) >= 11 is 0. The maximum Gasteiger partial charge on any atom is 0.128 e. The van der Waals surface area contributed by atoms with Crippen LogP contribution < -0.4 is 5.32 Å². The molecule has 0 aromatic heterocycles. The molecule has 0 saturated carbocycles. The molecule has 0 heterocycles. The molecule has 0 radical (unpaired) electrons. The van der Waals surface area contributed by atoms with Crippen LogP contribution in [0, 0.1) is 19.7 Å². The number of aryl methyl sites for hydroxylation is 2. The SMILES string of the molecule is CNC(c1ccccc1)c1c(C)cc(C)cc1F. The molecule has 2 aromatic carbocycles. The smallest absolute Gasteiger partial charge is 0.128 e. The Balaban J connectivity index is 2.52. The highest BCUT2D eigenvalue weighted by atomic mass is 19.1. The van der Waals surface area contributed by atoms with Crippen LogP contribution in [-0.2, 0) is 0 Å². The zero-order chi connectivity index (χ0) is 13.1. The summed E-state index contributed by atoms with van der Waals surface area (Å²) in [5, 5.41) is 3.20. The second-order valence-corrected chi connectivity index (χ2v) is 4.61. The monoisotopic (exact) mass is 243 g/mol. The molecule has 2 rings (SSSR count). The Kier molecular flexibility index (Phi) is 3.78. The van der Waals surface area contributed by atoms with E-state index in [2.05, 4.69) is 5.32 Å². The fourth-order valence-corrected chi connectivity index (χ4v) is 2.42. The van der Waals surface area contributed by atoms with Gasteiger partial charge in [0, 0.05) is 5.56 Å². The van der Waals surface area contributed by atoms with Crippen LogP contribution in [0.4, 0.5) is 4.39 Å². The predicted molar refractivity (Wildman–Crippen MR) is 73.2 cm³/mol. The maximum atomic E-state index is 14.2. The first-order chi connectivity index (χ1) is 8.63. The van der Waals surface area contributed by atoms with Crippen LogP contribution in [0.1, 0.15) is 28.3 Å². The lowest BCUT2D eigenvalue weighted by molar-refractivity contribution is 0.572. The number of benzene rings is 2. The van der Waals surface area contributed by atoms with Crippen LogP contribution in [0.3, 0.4) is 0 Å². The maximum absolute atomic E-state index is 14.2. The molecule has 1 atom stereocenters. The summed E-state index contributed by atoms with van der Waals surface area (Å²) < 4.78 is 14.2. The van der Waals surface area contributed by atoms with Gasteiger partial charge in [-0.25, -0.2) is 4.39 Å². The minimum absolute atomic E-state index is 0.105. The van der Waals surface area contributed by atoms with Gasteiger partial charge in [0.15, 0.2) is 0 Å². The number of halogens is 1. The van der Waals surface area contributed by atoms with E-state index in [1.54, 1.807) is 6.07 Å². The van der Waals surface area contributed by atoms with Crippen LogP contribution >= 0.6 is 0 Å². The fraction of sp³-hybridized carbons (Fsp3) is 0.250. The Morgan fingerprint density at radius 2 is 1.72 bits per heavy atom. The highest BCUT2D eigenvalue weighted by Crippen LogP contribution is 2.27. The van der Waals surface area contributed by atoms with Gasteiger partial charge < -0.3 is 5.32 Å². The van der Waals surface area contributed by atoms with Crippen LogP contribution in [0.25, 0.3) is 0 Å². The lowest BCUT2D eigenvalue weighted by Crippen LogP contribution is -2.20. The first-order valence-corrected chi connectivity index (χ1v) is 6.12. The molecule has 1 nitrogen and oxygen atoms in total. The van der Waals surface area contributed by atoms with Crippen molar-refractivity contribution in [1.29, 1.82) is 0 Å². The van der Waals surface area contributed by atoms with Crippen molar-refractivity contribution < 1.29 is 4.39 Å². The zero-order valence-corrected chi connectivity index (χ0v) is 11.0. The quantitative estimate of drug-likeness (QED) is 0.865. The highest BCUT2D eigenvalue weighted by molar-refractivity contribution is 5.39. The molecule has 0 saturated heterocycles. The van der Waals surface area contributed by atoms with E-state index < -0.39 is 0 Å². The van der Waals surface area contributed by atoms with E-state index in [-0.39, 0.29) is 11.9 Å². The van der Waals surface area contributed by atoms with E-state index in [0.717, 1.165) is 22.3 Å². The molecule has 2 aromatic rings. The summed E-state index contributed by atoms with van der Waals surface area (Å²) in [5.74, 6) is -0.143. The molecule has 1 unspecified atom stereocenters. The van der Waals surface area contributed by atoms with E-state index in [0.29, 0.717) is 0 Å². The van der Waals surface area contributed by atoms with E-state index in [4.69, 9.17) is 0 Å². The van der Waals surface area contributed by atoms with Crippen molar-refractivity contribution in [3.05, 3.63) is 70.5 Å². The Morgan fingerprint density at radius 3 is 2.28 bits per heavy atom. The van der Waals surface area contributed by atoms with Crippen LogP contribution in [0.15, 0.2) is 42.5 Å². The third-order valence-electron chi connectivity index (χ3n) is 3.19. The topological polar surface area (TPSA) is 12.0 Å². The van der Waals surface area contributed by atoms with Gasteiger partial charge in [-0.05, 0) is 43.7 Å². The van der Waals surface area contributed by atoms with Gasteiger partial charge in [0.1, 0.15) is 5.82 Å². The second-order valence-electron chi connectivity index (χ2n) is 4.61. The summed E-state index contributed by atoms with van der Waals surface area (Å²) in [6.45, 7) is 3.87. The third-order valence-corrected chi connectivity index (χ3v) is 3.19. The molecule has 0 spiro atoms. The molecule has 94 valence electrons. The first kappa shape index (κ1) is 12.8. The van der Waals surface area contributed by atoms with Crippen molar-refractivity contribution in [2.75, 3.05) is 7.05 Å². The molecular weight excluding hydrogens is 225 g/mol. The minimum atomic E-state index is -0.143. The van der Waals surface area contributed by atoms with Gasteiger partial charge in [-0.1, -0.05) is 36.4 Å². The molecule has 0 aliphatic heterocycles. The Hall–Kier alpha value is -1.67. The zero-order valence-electron chi connectivity index (χ0n) is 11.0. The Morgan fingerprint density at radius 1 is 1.06 bits per heavy atom. The summed E-state index contributed by atoms with van der Waals surface area (Å²) in [6.07, 6.45) is 0. The van der Waals surface area contributed by atoms with Crippen LogP contribution in [-0.4, -0.2) is 7.05 Å². The lowest BCUT2D eigenvalue weighted by atomic mass is 9.93. The van der Waals surface area contributed by atoms with Crippen molar-refractivity contribution in [1.82, 2.24) is 5.32 Å². The van der Waals surface area contributed by atoms with Gasteiger partial charge in [-0.15, -0.1) is 0 Å². The normalized spacial score (nSPS) is 12.4. The summed E-state index contributed by atoms with van der Waals surface area (Å²) in [5.41, 5.74) is 3.74. The van der Waals surface area contributed by atoms with Gasteiger partial charge in [0.05, 0.1) is 6.04 Å². The van der Waals surface area contributed by atoms with Gasteiger partial charge in [-0.2, -0.15) is 0 Å². The summed E-state index contributed by atoms with van der Waals surface area (Å²) in [4.78, 5) is 0. The summed E-state index contributed by atoms with van der Waals surface area (Å²) in [6, 6.07) is 13.4. The van der Waals surface area contributed by atoms with Crippen molar-refractivity contribution in [2.24, 2.45) is 0 Å². The minimum Gasteiger partial charge on any atom is -0.309 e. The Labute approximate surface area is 108 Å². The molecule has 0 aliphatic carbocycles. The third kappa shape index (κ3) is 2.44. The summed E-state index contributed by atoms with van der Waals surface area (Å²) in [7, 11) is 1.86. The van der Waals surface area contributed by atoms with E-state index in [1.807, 2.05) is 57.3 Å². The fourth-order valence-electron chi connectivity index (χ4n) is 2.42. The molecule has 0 fully saturated rings. The number of nitrogens with one attached hydrogen (secondary N) is 1.